The maximum absolute atomic E-state index is 11.8. The number of benzene rings is 1. The molecule has 2 aromatic heterocycles. The molecule has 6 heteroatoms. The number of nitrogens with zero attached hydrogens (tertiary/aromatic N) is 1. The monoisotopic (exact) mass is 228 g/mol. The van der Waals surface area contributed by atoms with Crippen LogP contribution in [0, 0.1) is 0 Å². The first-order valence-corrected chi connectivity index (χ1v) is 4.95. The van der Waals surface area contributed by atoms with Crippen LogP contribution in [-0.4, -0.2) is 15.0 Å². The molecule has 0 amide bonds. The summed E-state index contributed by atoms with van der Waals surface area (Å²) in [7, 11) is 0. The van der Waals surface area contributed by atoms with Crippen molar-refractivity contribution in [3.8, 4) is 0 Å². The lowest BCUT2D eigenvalue weighted by Gasteiger charge is -2.04. The van der Waals surface area contributed by atoms with Crippen LogP contribution in [0.4, 0.5) is 5.69 Å². The fraction of sp³-hybridized carbons (Fsp3) is 0. The summed E-state index contributed by atoms with van der Waals surface area (Å²) in [5, 5.41) is 1.82. The van der Waals surface area contributed by atoms with E-state index in [1.54, 1.807) is 24.5 Å². The van der Waals surface area contributed by atoms with Crippen LogP contribution in [-0.2, 0) is 0 Å². The normalized spacial score (nSPS) is 11.1. The summed E-state index contributed by atoms with van der Waals surface area (Å²) in [6, 6.07) is 3.46. The number of anilines is 1. The molecule has 0 atom stereocenters. The average molecular weight is 228 g/mol. The highest BCUT2D eigenvalue weighted by Crippen LogP contribution is 2.24. The molecular formula is C11H8N4O2. The zero-order valence-electron chi connectivity index (χ0n) is 8.65. The molecule has 0 bridgehead atoms. The number of hydrogen-bond donors (Lipinski definition) is 3. The zero-order chi connectivity index (χ0) is 12.0. The fourth-order valence-corrected chi connectivity index (χ4v) is 1.94. The van der Waals surface area contributed by atoms with Crippen molar-refractivity contribution < 1.29 is 0 Å². The molecule has 3 aromatic rings. The van der Waals surface area contributed by atoms with E-state index in [4.69, 9.17) is 5.73 Å². The smallest absolute Gasteiger partial charge is 0.326 e. The molecule has 2 heterocycles. The van der Waals surface area contributed by atoms with Gasteiger partial charge in [-0.25, -0.2) is 4.79 Å². The molecule has 0 saturated heterocycles. The molecule has 1 aromatic carbocycles. The number of nitrogens with two attached hydrogens (primary N) is 1. The summed E-state index contributed by atoms with van der Waals surface area (Å²) < 4.78 is 0. The van der Waals surface area contributed by atoms with E-state index in [2.05, 4.69) is 15.0 Å². The third-order valence-electron chi connectivity index (χ3n) is 2.67. The van der Waals surface area contributed by atoms with Gasteiger partial charge in [0.15, 0.2) is 0 Å². The Balaban J connectivity index is 2.75. The number of nitrogen functional groups attached to an aromatic ring is 1. The highest BCUT2D eigenvalue weighted by Gasteiger charge is 2.09. The van der Waals surface area contributed by atoms with Crippen molar-refractivity contribution in [1.82, 2.24) is 15.0 Å². The summed E-state index contributed by atoms with van der Waals surface area (Å²) >= 11 is 0. The minimum atomic E-state index is -0.572. The van der Waals surface area contributed by atoms with Gasteiger partial charge in [-0.15, -0.1) is 0 Å². The van der Waals surface area contributed by atoms with E-state index in [1.807, 2.05) is 0 Å². The molecule has 0 aliphatic rings. The van der Waals surface area contributed by atoms with E-state index in [1.165, 1.54) is 0 Å². The second-order valence-electron chi connectivity index (χ2n) is 3.72. The predicted octanol–water partition coefficient (Wildman–Crippen LogP) is 0.347. The Morgan fingerprint density at radius 2 is 2.06 bits per heavy atom. The molecule has 84 valence electrons. The number of pyridine rings is 1. The summed E-state index contributed by atoms with van der Waals surface area (Å²) in [4.78, 5) is 31.7. The van der Waals surface area contributed by atoms with Gasteiger partial charge in [0.2, 0.25) is 0 Å². The molecule has 0 fully saturated rings. The number of aromatic nitrogens is 3. The van der Waals surface area contributed by atoms with Gasteiger partial charge in [-0.1, -0.05) is 0 Å². The van der Waals surface area contributed by atoms with Crippen LogP contribution < -0.4 is 17.0 Å². The van der Waals surface area contributed by atoms with E-state index in [0.717, 1.165) is 5.39 Å². The maximum Gasteiger partial charge on any atom is 0.326 e. The van der Waals surface area contributed by atoms with Crippen LogP contribution in [0.3, 0.4) is 0 Å². The fourth-order valence-electron chi connectivity index (χ4n) is 1.94. The largest absolute Gasteiger partial charge is 0.397 e. The first kappa shape index (κ1) is 9.59. The van der Waals surface area contributed by atoms with Gasteiger partial charge in [-0.2, -0.15) is 0 Å². The van der Waals surface area contributed by atoms with E-state index >= 15 is 0 Å². The quantitative estimate of drug-likeness (QED) is 0.381. The number of rotatable bonds is 0. The van der Waals surface area contributed by atoms with Crippen LogP contribution in [0.1, 0.15) is 0 Å². The third-order valence-corrected chi connectivity index (χ3v) is 2.67. The topological polar surface area (TPSA) is 105 Å². The number of hydrogen-bond acceptors (Lipinski definition) is 4. The Labute approximate surface area is 94.1 Å². The van der Waals surface area contributed by atoms with Crippen LogP contribution >= 0.6 is 0 Å². The first-order valence-electron chi connectivity index (χ1n) is 4.95. The van der Waals surface area contributed by atoms with Gasteiger partial charge in [0, 0.05) is 17.8 Å². The molecule has 17 heavy (non-hydrogen) atoms. The molecule has 4 N–H and O–H groups in total. The van der Waals surface area contributed by atoms with Crippen LogP contribution in [0.2, 0.25) is 0 Å². The predicted molar refractivity (Wildman–Crippen MR) is 64.9 cm³/mol. The van der Waals surface area contributed by atoms with Gasteiger partial charge in [0.05, 0.1) is 16.6 Å². The molecule has 0 spiro atoms. The summed E-state index contributed by atoms with van der Waals surface area (Å²) in [5.74, 6) is 0. The second kappa shape index (κ2) is 3.18. The molecule has 0 saturated carbocycles. The Hall–Kier alpha value is -2.63. The molecule has 0 unspecified atom stereocenters. The number of H-pyrrole nitrogens is 2. The van der Waals surface area contributed by atoms with E-state index in [0.29, 0.717) is 22.0 Å². The van der Waals surface area contributed by atoms with Crippen molar-refractivity contribution in [2.24, 2.45) is 0 Å². The lowest BCUT2D eigenvalue weighted by Crippen LogP contribution is -2.22. The number of aromatic amines is 2. The van der Waals surface area contributed by atoms with Crippen molar-refractivity contribution in [2.75, 3.05) is 5.73 Å². The lowest BCUT2D eigenvalue weighted by atomic mass is 10.1. The minimum absolute atomic E-state index is 0.347. The van der Waals surface area contributed by atoms with Crippen molar-refractivity contribution in [2.45, 2.75) is 0 Å². The van der Waals surface area contributed by atoms with Gasteiger partial charge < -0.3 is 10.7 Å². The van der Waals surface area contributed by atoms with Crippen molar-refractivity contribution in [1.29, 1.82) is 0 Å². The van der Waals surface area contributed by atoms with Crippen LogP contribution in [0.25, 0.3) is 21.7 Å². The number of fused-ring (bicyclic) bond motifs is 3. The highest BCUT2D eigenvalue weighted by molar-refractivity contribution is 6.09. The number of nitrogens with one attached hydrogen (secondary N) is 2. The van der Waals surface area contributed by atoms with Crippen LogP contribution in [0.5, 0.6) is 0 Å². The summed E-state index contributed by atoms with van der Waals surface area (Å²) in [6.07, 6.45) is 3.19. The maximum atomic E-state index is 11.8. The Morgan fingerprint density at radius 3 is 2.88 bits per heavy atom. The van der Waals surface area contributed by atoms with Crippen molar-refractivity contribution in [3.63, 3.8) is 0 Å². The van der Waals surface area contributed by atoms with Gasteiger partial charge in [0.25, 0.3) is 5.56 Å². The first-order chi connectivity index (χ1) is 8.16. The van der Waals surface area contributed by atoms with Gasteiger partial charge in [0.1, 0.15) is 0 Å². The minimum Gasteiger partial charge on any atom is -0.397 e. The summed E-state index contributed by atoms with van der Waals surface area (Å²) in [5.41, 5.74) is 5.49. The van der Waals surface area contributed by atoms with Gasteiger partial charge in [-0.3, -0.25) is 14.8 Å². The average Bonchev–Trinajstić information content (AvgIpc) is 2.29. The Bertz CT molecular complexity index is 847. The third kappa shape index (κ3) is 1.31. The molecular weight excluding hydrogens is 220 g/mol. The lowest BCUT2D eigenvalue weighted by molar-refractivity contribution is 1.08. The highest BCUT2D eigenvalue weighted by atomic mass is 16.2. The Kier molecular flexibility index (Phi) is 1.79. The Morgan fingerprint density at radius 1 is 1.24 bits per heavy atom. The van der Waals surface area contributed by atoms with E-state index in [9.17, 15) is 9.59 Å². The molecule has 0 radical (unpaired) electrons. The standard InChI is InChI=1S/C11H8N4O2/c12-7-3-5-1-2-13-4-6(5)8-9(7)14-11(17)15-10(8)16/h1-4H,12H2,(H2,14,15,16,17). The molecule has 3 rings (SSSR count). The SMILES string of the molecule is Nc1cc2ccncc2c2c(=O)[nH]c(=O)[nH]c12. The van der Waals surface area contributed by atoms with Crippen molar-refractivity contribution >= 4 is 27.4 Å². The summed E-state index contributed by atoms with van der Waals surface area (Å²) in [6.45, 7) is 0. The molecule has 0 aliphatic heterocycles. The van der Waals surface area contributed by atoms with Gasteiger partial charge in [-0.05, 0) is 17.5 Å². The molecule has 6 nitrogen and oxygen atoms in total. The second-order valence-corrected chi connectivity index (χ2v) is 3.72. The van der Waals surface area contributed by atoms with Crippen molar-refractivity contribution in [3.05, 3.63) is 45.4 Å². The van der Waals surface area contributed by atoms with Crippen LogP contribution in [0.15, 0.2) is 34.1 Å². The van der Waals surface area contributed by atoms with E-state index in [-0.39, 0.29) is 0 Å². The molecule has 0 aliphatic carbocycles. The zero-order valence-corrected chi connectivity index (χ0v) is 8.65. The van der Waals surface area contributed by atoms with E-state index < -0.39 is 11.2 Å². The van der Waals surface area contributed by atoms with Gasteiger partial charge >= 0.3 is 5.69 Å².